The third-order valence-electron chi connectivity index (χ3n) is 2.61. The van der Waals surface area contributed by atoms with Crippen LogP contribution in [-0.4, -0.2) is 22.8 Å². The van der Waals surface area contributed by atoms with Gasteiger partial charge < -0.3 is 10.2 Å². The van der Waals surface area contributed by atoms with Crippen LogP contribution >= 0.6 is 0 Å². The standard InChI is InChI=1S/C14H24O3/c1-12(8-5-11-15)6-3-4-7-13(2)9-10-14(16)17/h6-7,15H,3-5,8-11H2,1-2H3,(H,16,17)/b12-6+,13-7+. The lowest BCUT2D eigenvalue weighted by Crippen LogP contribution is -1.94. The number of aliphatic hydroxyl groups excluding tert-OH is 1. The van der Waals surface area contributed by atoms with Crippen molar-refractivity contribution >= 4 is 5.97 Å². The monoisotopic (exact) mass is 240 g/mol. The molecule has 0 rings (SSSR count). The molecule has 0 fully saturated rings. The number of hydrogen-bond donors (Lipinski definition) is 2. The number of carboxylic acids is 1. The first kappa shape index (κ1) is 15.9. The molecule has 0 saturated heterocycles. The van der Waals surface area contributed by atoms with Crippen molar-refractivity contribution < 1.29 is 15.0 Å². The predicted octanol–water partition coefficient (Wildman–Crippen LogP) is 3.30. The maximum absolute atomic E-state index is 10.4. The molecule has 3 heteroatoms. The third-order valence-corrected chi connectivity index (χ3v) is 2.61. The van der Waals surface area contributed by atoms with Crippen LogP contribution in [0, 0.1) is 0 Å². The van der Waals surface area contributed by atoms with Gasteiger partial charge in [0.05, 0.1) is 0 Å². The maximum atomic E-state index is 10.4. The largest absolute Gasteiger partial charge is 0.481 e. The Balaban J connectivity index is 3.73. The number of unbranched alkanes of at least 4 members (excludes halogenated alkanes) is 1. The first-order valence-electron chi connectivity index (χ1n) is 6.20. The van der Waals surface area contributed by atoms with Crippen molar-refractivity contribution in [2.75, 3.05) is 6.61 Å². The summed E-state index contributed by atoms with van der Waals surface area (Å²) in [6, 6.07) is 0. The highest BCUT2D eigenvalue weighted by Crippen LogP contribution is 2.09. The van der Waals surface area contributed by atoms with Crippen molar-refractivity contribution in [2.45, 2.75) is 52.4 Å². The lowest BCUT2D eigenvalue weighted by molar-refractivity contribution is -0.136. The molecule has 0 heterocycles. The zero-order valence-corrected chi connectivity index (χ0v) is 10.9. The van der Waals surface area contributed by atoms with Crippen molar-refractivity contribution in [3.63, 3.8) is 0 Å². The summed E-state index contributed by atoms with van der Waals surface area (Å²) in [6.45, 7) is 4.31. The van der Waals surface area contributed by atoms with Gasteiger partial charge in [0.2, 0.25) is 0 Å². The van der Waals surface area contributed by atoms with Gasteiger partial charge in [0.25, 0.3) is 0 Å². The molecule has 0 spiro atoms. The van der Waals surface area contributed by atoms with Gasteiger partial charge in [-0.15, -0.1) is 0 Å². The summed E-state index contributed by atoms with van der Waals surface area (Å²) in [5.74, 6) is -0.738. The van der Waals surface area contributed by atoms with E-state index in [0.717, 1.165) is 31.3 Å². The Bertz CT molecular complexity index is 277. The van der Waals surface area contributed by atoms with Crippen LogP contribution in [0.2, 0.25) is 0 Å². The van der Waals surface area contributed by atoms with E-state index in [1.54, 1.807) is 0 Å². The molecule has 0 saturated carbocycles. The molecule has 0 unspecified atom stereocenters. The molecule has 0 amide bonds. The van der Waals surface area contributed by atoms with Gasteiger partial charge in [0.15, 0.2) is 0 Å². The summed E-state index contributed by atoms with van der Waals surface area (Å²) in [5, 5.41) is 17.2. The first-order valence-corrected chi connectivity index (χ1v) is 6.20. The summed E-state index contributed by atoms with van der Waals surface area (Å²) in [7, 11) is 0. The predicted molar refractivity (Wildman–Crippen MR) is 69.9 cm³/mol. The zero-order valence-electron chi connectivity index (χ0n) is 10.9. The second-order valence-electron chi connectivity index (χ2n) is 4.40. The summed E-state index contributed by atoms with van der Waals surface area (Å²) >= 11 is 0. The van der Waals surface area contributed by atoms with E-state index >= 15 is 0 Å². The van der Waals surface area contributed by atoms with Gasteiger partial charge in [0.1, 0.15) is 0 Å². The van der Waals surface area contributed by atoms with E-state index in [1.165, 1.54) is 5.57 Å². The number of hydrogen-bond acceptors (Lipinski definition) is 2. The third kappa shape index (κ3) is 11.2. The number of aliphatic carboxylic acids is 1. The Morgan fingerprint density at radius 1 is 1.00 bits per heavy atom. The molecule has 98 valence electrons. The average Bonchev–Trinajstić information content (AvgIpc) is 2.29. The smallest absolute Gasteiger partial charge is 0.303 e. The quantitative estimate of drug-likeness (QED) is 0.480. The summed E-state index contributed by atoms with van der Waals surface area (Å²) in [5.41, 5.74) is 2.46. The normalized spacial score (nSPS) is 12.9. The lowest BCUT2D eigenvalue weighted by atomic mass is 10.1. The molecular weight excluding hydrogens is 216 g/mol. The highest BCUT2D eigenvalue weighted by molar-refractivity contribution is 5.66. The van der Waals surface area contributed by atoms with Crippen molar-refractivity contribution in [2.24, 2.45) is 0 Å². The molecule has 0 aromatic carbocycles. The van der Waals surface area contributed by atoms with E-state index in [1.807, 2.05) is 6.92 Å². The second kappa shape index (κ2) is 10.1. The lowest BCUT2D eigenvalue weighted by Gasteiger charge is -2.00. The van der Waals surface area contributed by atoms with Crippen LogP contribution in [0.15, 0.2) is 23.3 Å². The number of carbonyl (C=O) groups is 1. The molecule has 0 aromatic heterocycles. The molecule has 17 heavy (non-hydrogen) atoms. The minimum Gasteiger partial charge on any atom is -0.481 e. The molecular formula is C14H24O3. The Morgan fingerprint density at radius 2 is 1.53 bits per heavy atom. The summed E-state index contributed by atoms with van der Waals surface area (Å²) < 4.78 is 0. The van der Waals surface area contributed by atoms with Gasteiger partial charge >= 0.3 is 5.97 Å². The van der Waals surface area contributed by atoms with Crippen molar-refractivity contribution in [1.29, 1.82) is 0 Å². The Kier molecular flexibility index (Phi) is 9.44. The zero-order chi connectivity index (χ0) is 13.1. The van der Waals surface area contributed by atoms with Crippen LogP contribution in [0.1, 0.15) is 52.4 Å². The molecule has 0 bridgehead atoms. The van der Waals surface area contributed by atoms with Gasteiger partial charge in [-0.2, -0.15) is 0 Å². The Hall–Kier alpha value is -1.09. The maximum Gasteiger partial charge on any atom is 0.303 e. The van der Waals surface area contributed by atoms with Gasteiger partial charge in [0, 0.05) is 13.0 Å². The van der Waals surface area contributed by atoms with E-state index < -0.39 is 5.97 Å². The molecule has 0 aliphatic rings. The number of carboxylic acid groups (broad SMARTS) is 1. The van der Waals surface area contributed by atoms with Crippen LogP contribution in [-0.2, 0) is 4.79 Å². The van der Waals surface area contributed by atoms with Crippen molar-refractivity contribution in [1.82, 2.24) is 0 Å². The fourth-order valence-corrected chi connectivity index (χ4v) is 1.53. The fraction of sp³-hybridized carbons (Fsp3) is 0.643. The molecule has 2 N–H and O–H groups in total. The molecule has 3 nitrogen and oxygen atoms in total. The molecule has 0 radical (unpaired) electrons. The molecule has 0 aromatic rings. The van der Waals surface area contributed by atoms with E-state index in [0.29, 0.717) is 6.42 Å². The van der Waals surface area contributed by atoms with Gasteiger partial charge in [-0.1, -0.05) is 23.3 Å². The van der Waals surface area contributed by atoms with Gasteiger partial charge in [-0.25, -0.2) is 0 Å². The number of rotatable bonds is 9. The summed E-state index contributed by atoms with van der Waals surface area (Å²) in [4.78, 5) is 10.4. The number of allylic oxidation sites excluding steroid dienone is 4. The van der Waals surface area contributed by atoms with E-state index in [9.17, 15) is 4.79 Å². The molecule has 0 aliphatic heterocycles. The molecule has 0 atom stereocenters. The minimum atomic E-state index is -0.738. The fourth-order valence-electron chi connectivity index (χ4n) is 1.53. The van der Waals surface area contributed by atoms with Gasteiger partial charge in [-0.3, -0.25) is 4.79 Å². The van der Waals surface area contributed by atoms with Crippen LogP contribution in [0.25, 0.3) is 0 Å². The molecule has 0 aliphatic carbocycles. The van der Waals surface area contributed by atoms with Crippen molar-refractivity contribution in [3.8, 4) is 0 Å². The second-order valence-corrected chi connectivity index (χ2v) is 4.40. The highest BCUT2D eigenvalue weighted by Gasteiger charge is 1.97. The van der Waals surface area contributed by atoms with Crippen molar-refractivity contribution in [3.05, 3.63) is 23.3 Å². The highest BCUT2D eigenvalue weighted by atomic mass is 16.4. The first-order chi connectivity index (χ1) is 8.06. The Labute approximate surface area is 104 Å². The van der Waals surface area contributed by atoms with E-state index in [4.69, 9.17) is 10.2 Å². The SMILES string of the molecule is C/C(=C\CC/C=C(\C)CCC(=O)O)CCCO. The van der Waals surface area contributed by atoms with Crippen LogP contribution in [0.3, 0.4) is 0 Å². The summed E-state index contributed by atoms with van der Waals surface area (Å²) in [6.07, 6.45) is 8.89. The van der Waals surface area contributed by atoms with Gasteiger partial charge in [-0.05, 0) is 46.0 Å². The minimum absolute atomic E-state index is 0.216. The number of aliphatic hydroxyl groups is 1. The van der Waals surface area contributed by atoms with Crippen LogP contribution in [0.4, 0.5) is 0 Å². The Morgan fingerprint density at radius 3 is 2.00 bits per heavy atom. The topological polar surface area (TPSA) is 57.5 Å². The van der Waals surface area contributed by atoms with Crippen LogP contribution in [0.5, 0.6) is 0 Å². The van der Waals surface area contributed by atoms with E-state index in [2.05, 4.69) is 19.1 Å². The van der Waals surface area contributed by atoms with E-state index in [-0.39, 0.29) is 13.0 Å². The van der Waals surface area contributed by atoms with Crippen LogP contribution < -0.4 is 0 Å². The average molecular weight is 240 g/mol.